The van der Waals surface area contributed by atoms with Gasteiger partial charge in [-0.05, 0) is 39.8 Å². The highest BCUT2D eigenvalue weighted by Gasteiger charge is 2.40. The quantitative estimate of drug-likeness (QED) is 0.756. The third-order valence-corrected chi connectivity index (χ3v) is 4.19. The van der Waals surface area contributed by atoms with Crippen molar-refractivity contribution in [2.24, 2.45) is 5.92 Å². The molecule has 1 saturated carbocycles. The summed E-state index contributed by atoms with van der Waals surface area (Å²) in [4.78, 5) is 14.1. The number of carbonyl (C=O) groups excluding carboxylic acids is 1. The molecule has 2 fully saturated rings. The van der Waals surface area contributed by atoms with Crippen molar-refractivity contribution in [1.82, 2.24) is 4.90 Å². The standard InChI is InChI=1S/C14H25NO2/c1-15(2)11-13(16)12-6-9-17-14(10-12)7-4-3-5-8-14/h12H,3-11H2,1-2H3. The molecule has 0 aromatic rings. The number of hydrogen-bond donors (Lipinski definition) is 0. The Balaban J connectivity index is 1.94. The lowest BCUT2D eigenvalue weighted by atomic mass is 9.75. The maximum Gasteiger partial charge on any atom is 0.150 e. The van der Waals surface area contributed by atoms with Gasteiger partial charge in [-0.1, -0.05) is 19.3 Å². The second kappa shape index (κ2) is 5.49. The molecular weight excluding hydrogens is 214 g/mol. The zero-order valence-corrected chi connectivity index (χ0v) is 11.2. The lowest BCUT2D eigenvalue weighted by Crippen LogP contribution is -2.44. The van der Waals surface area contributed by atoms with Gasteiger partial charge < -0.3 is 9.64 Å². The van der Waals surface area contributed by atoms with Crippen LogP contribution in [0.2, 0.25) is 0 Å². The van der Waals surface area contributed by atoms with E-state index in [-0.39, 0.29) is 11.5 Å². The maximum atomic E-state index is 12.1. The predicted molar refractivity (Wildman–Crippen MR) is 68.1 cm³/mol. The van der Waals surface area contributed by atoms with Gasteiger partial charge in [0.2, 0.25) is 0 Å². The number of ether oxygens (including phenoxy) is 1. The van der Waals surface area contributed by atoms with Gasteiger partial charge in [-0.2, -0.15) is 0 Å². The number of likely N-dealkylation sites (N-methyl/N-ethyl adjacent to an activating group) is 1. The van der Waals surface area contributed by atoms with E-state index < -0.39 is 0 Å². The molecule has 1 heterocycles. The third kappa shape index (κ3) is 3.29. The van der Waals surface area contributed by atoms with E-state index in [0.717, 1.165) is 19.4 Å². The van der Waals surface area contributed by atoms with Crippen molar-refractivity contribution in [3.8, 4) is 0 Å². The van der Waals surface area contributed by atoms with Gasteiger partial charge in [-0.25, -0.2) is 0 Å². The van der Waals surface area contributed by atoms with Gasteiger partial charge in [-0.3, -0.25) is 4.79 Å². The summed E-state index contributed by atoms with van der Waals surface area (Å²) in [7, 11) is 3.93. The van der Waals surface area contributed by atoms with E-state index in [1.165, 1.54) is 32.1 Å². The Kier molecular flexibility index (Phi) is 4.21. The van der Waals surface area contributed by atoms with E-state index >= 15 is 0 Å². The summed E-state index contributed by atoms with van der Waals surface area (Å²) in [5.41, 5.74) is 0.0587. The number of Topliss-reactive ketones (excluding diaryl/α,β-unsaturated/α-hetero) is 1. The van der Waals surface area contributed by atoms with E-state index in [9.17, 15) is 4.79 Å². The van der Waals surface area contributed by atoms with E-state index in [0.29, 0.717) is 12.3 Å². The molecule has 0 aromatic carbocycles. The Morgan fingerprint density at radius 1 is 1.29 bits per heavy atom. The summed E-state index contributed by atoms with van der Waals surface area (Å²) in [5, 5.41) is 0. The first-order valence-electron chi connectivity index (χ1n) is 6.93. The third-order valence-electron chi connectivity index (χ3n) is 4.19. The molecule has 1 atom stereocenters. The molecule has 1 unspecified atom stereocenters. The van der Waals surface area contributed by atoms with Gasteiger partial charge in [0.15, 0.2) is 0 Å². The minimum Gasteiger partial charge on any atom is -0.375 e. The fourth-order valence-electron chi connectivity index (χ4n) is 3.29. The van der Waals surface area contributed by atoms with Crippen LogP contribution in [0, 0.1) is 5.92 Å². The topological polar surface area (TPSA) is 29.5 Å². The van der Waals surface area contributed by atoms with Crippen LogP contribution in [0.15, 0.2) is 0 Å². The molecule has 17 heavy (non-hydrogen) atoms. The molecule has 1 saturated heterocycles. The molecule has 1 spiro atoms. The summed E-state index contributed by atoms with van der Waals surface area (Å²) in [6, 6.07) is 0. The molecule has 3 nitrogen and oxygen atoms in total. The highest BCUT2D eigenvalue weighted by atomic mass is 16.5. The van der Waals surface area contributed by atoms with Gasteiger partial charge in [-0.15, -0.1) is 0 Å². The Labute approximate surface area is 105 Å². The zero-order valence-electron chi connectivity index (χ0n) is 11.2. The molecule has 3 heteroatoms. The molecule has 2 aliphatic rings. The van der Waals surface area contributed by atoms with Crippen molar-refractivity contribution in [3.05, 3.63) is 0 Å². The molecule has 0 bridgehead atoms. The number of nitrogens with zero attached hydrogens (tertiary/aromatic N) is 1. The zero-order chi connectivity index (χ0) is 12.3. The van der Waals surface area contributed by atoms with Crippen LogP contribution in [0.1, 0.15) is 44.9 Å². The number of ketones is 1. The smallest absolute Gasteiger partial charge is 0.150 e. The van der Waals surface area contributed by atoms with Crippen molar-refractivity contribution in [1.29, 1.82) is 0 Å². The monoisotopic (exact) mass is 239 g/mol. The molecule has 0 amide bonds. The van der Waals surface area contributed by atoms with Gasteiger partial charge in [0.25, 0.3) is 0 Å². The van der Waals surface area contributed by atoms with Crippen molar-refractivity contribution < 1.29 is 9.53 Å². The SMILES string of the molecule is CN(C)CC(=O)C1CCOC2(CCCCC2)C1. The van der Waals surface area contributed by atoms with E-state index in [1.54, 1.807) is 0 Å². The second-order valence-corrected chi connectivity index (χ2v) is 5.99. The fourth-order valence-corrected chi connectivity index (χ4v) is 3.29. The normalized spacial score (nSPS) is 28.5. The van der Waals surface area contributed by atoms with Crippen molar-refractivity contribution in [2.45, 2.75) is 50.5 Å². The molecular formula is C14H25NO2. The Morgan fingerprint density at radius 3 is 2.65 bits per heavy atom. The van der Waals surface area contributed by atoms with Gasteiger partial charge >= 0.3 is 0 Å². The van der Waals surface area contributed by atoms with Crippen LogP contribution in [0.25, 0.3) is 0 Å². The highest BCUT2D eigenvalue weighted by Crippen LogP contribution is 2.40. The Morgan fingerprint density at radius 2 is 2.00 bits per heavy atom. The minimum absolute atomic E-state index is 0.0587. The number of hydrogen-bond acceptors (Lipinski definition) is 3. The van der Waals surface area contributed by atoms with Gasteiger partial charge in [0.05, 0.1) is 12.1 Å². The lowest BCUT2D eigenvalue weighted by molar-refractivity contribution is -0.143. The Bertz CT molecular complexity index is 264. The summed E-state index contributed by atoms with van der Waals surface area (Å²) >= 11 is 0. The van der Waals surface area contributed by atoms with Crippen molar-refractivity contribution in [3.63, 3.8) is 0 Å². The average Bonchev–Trinajstić information content (AvgIpc) is 2.29. The molecule has 0 radical (unpaired) electrons. The first kappa shape index (κ1) is 13.0. The van der Waals surface area contributed by atoms with Crippen LogP contribution >= 0.6 is 0 Å². The fraction of sp³-hybridized carbons (Fsp3) is 0.929. The second-order valence-electron chi connectivity index (χ2n) is 5.99. The van der Waals surface area contributed by atoms with Crippen LogP contribution in [0.5, 0.6) is 0 Å². The summed E-state index contributed by atoms with van der Waals surface area (Å²) in [6.45, 7) is 1.37. The molecule has 1 aliphatic heterocycles. The van der Waals surface area contributed by atoms with Crippen LogP contribution < -0.4 is 0 Å². The van der Waals surface area contributed by atoms with Crippen LogP contribution in [-0.2, 0) is 9.53 Å². The molecule has 2 rings (SSSR count). The average molecular weight is 239 g/mol. The lowest BCUT2D eigenvalue weighted by Gasteiger charge is -2.43. The van der Waals surface area contributed by atoms with Gasteiger partial charge in [0.1, 0.15) is 5.78 Å². The molecule has 98 valence electrons. The van der Waals surface area contributed by atoms with E-state index in [1.807, 2.05) is 19.0 Å². The first-order valence-corrected chi connectivity index (χ1v) is 6.93. The van der Waals surface area contributed by atoms with Crippen LogP contribution in [-0.4, -0.2) is 43.5 Å². The predicted octanol–water partition coefficient (Wildman–Crippen LogP) is 2.25. The maximum absolute atomic E-state index is 12.1. The summed E-state index contributed by atoms with van der Waals surface area (Å²) in [5.74, 6) is 0.646. The van der Waals surface area contributed by atoms with Crippen molar-refractivity contribution >= 4 is 5.78 Å². The van der Waals surface area contributed by atoms with Crippen LogP contribution in [0.3, 0.4) is 0 Å². The van der Waals surface area contributed by atoms with E-state index in [2.05, 4.69) is 0 Å². The van der Waals surface area contributed by atoms with Crippen LogP contribution in [0.4, 0.5) is 0 Å². The molecule has 1 aliphatic carbocycles. The highest BCUT2D eigenvalue weighted by molar-refractivity contribution is 5.83. The van der Waals surface area contributed by atoms with E-state index in [4.69, 9.17) is 4.74 Å². The minimum atomic E-state index is 0.0587. The summed E-state index contributed by atoms with van der Waals surface area (Å²) < 4.78 is 6.03. The van der Waals surface area contributed by atoms with Crippen molar-refractivity contribution in [2.75, 3.05) is 27.2 Å². The number of rotatable bonds is 3. The number of carbonyl (C=O) groups is 1. The van der Waals surface area contributed by atoms with Gasteiger partial charge in [0, 0.05) is 12.5 Å². The Hall–Kier alpha value is -0.410. The molecule has 0 N–H and O–H groups in total. The molecule has 0 aromatic heterocycles. The summed E-state index contributed by atoms with van der Waals surface area (Å²) in [6.07, 6.45) is 8.11. The largest absolute Gasteiger partial charge is 0.375 e. The first-order chi connectivity index (χ1) is 8.11.